The van der Waals surface area contributed by atoms with E-state index in [4.69, 9.17) is 4.74 Å². The van der Waals surface area contributed by atoms with E-state index in [1.165, 1.54) is 11.1 Å². The Morgan fingerprint density at radius 2 is 1.47 bits per heavy atom. The van der Waals surface area contributed by atoms with Gasteiger partial charge >= 0.3 is 0 Å². The molecule has 2 heterocycles. The Balaban J connectivity index is 1.42. The highest BCUT2D eigenvalue weighted by Gasteiger charge is 2.30. The molecule has 1 saturated heterocycles. The third-order valence-electron chi connectivity index (χ3n) is 6.60. The van der Waals surface area contributed by atoms with Gasteiger partial charge in [-0.1, -0.05) is 66.7 Å². The van der Waals surface area contributed by atoms with Crippen LogP contribution in [0.2, 0.25) is 0 Å². The number of benzene rings is 3. The van der Waals surface area contributed by atoms with Gasteiger partial charge in [-0.3, -0.25) is 9.69 Å². The summed E-state index contributed by atoms with van der Waals surface area (Å²) in [5.41, 5.74) is 4.45. The number of hydrogen-bond donors (Lipinski definition) is 0. The standard InChI is InChI=1S/C28H30N2O2/c31-28(29-16-7-8-17-29)25-14-9-15-27-26(25)18-24(21-32-27)30(19-22-10-3-1-4-11-22)20-23-12-5-2-6-13-23/h1-6,9-15,24H,7-8,16-21H2/t24-/m0/s1. The van der Waals surface area contributed by atoms with Crippen LogP contribution in [0.25, 0.3) is 0 Å². The van der Waals surface area contributed by atoms with E-state index in [1.54, 1.807) is 0 Å². The van der Waals surface area contributed by atoms with Gasteiger partial charge in [-0.05, 0) is 42.5 Å². The van der Waals surface area contributed by atoms with Crippen LogP contribution in [-0.2, 0) is 19.5 Å². The lowest BCUT2D eigenvalue weighted by atomic mass is 9.95. The van der Waals surface area contributed by atoms with Crippen LogP contribution in [0.4, 0.5) is 0 Å². The lowest BCUT2D eigenvalue weighted by Gasteiger charge is -2.36. The smallest absolute Gasteiger partial charge is 0.254 e. The number of likely N-dealkylation sites (tertiary alicyclic amines) is 1. The van der Waals surface area contributed by atoms with Gasteiger partial charge in [0.25, 0.3) is 5.91 Å². The molecule has 1 amide bonds. The summed E-state index contributed by atoms with van der Waals surface area (Å²) in [6.07, 6.45) is 3.02. The molecule has 32 heavy (non-hydrogen) atoms. The molecular formula is C28H30N2O2. The highest BCUT2D eigenvalue weighted by molar-refractivity contribution is 5.96. The lowest BCUT2D eigenvalue weighted by Crippen LogP contribution is -2.43. The molecule has 1 atom stereocenters. The summed E-state index contributed by atoms with van der Waals surface area (Å²) in [4.78, 5) is 17.7. The third-order valence-corrected chi connectivity index (χ3v) is 6.60. The van der Waals surface area contributed by atoms with E-state index < -0.39 is 0 Å². The molecule has 2 aliphatic heterocycles. The van der Waals surface area contributed by atoms with Crippen molar-refractivity contribution in [3.8, 4) is 5.75 Å². The first-order valence-electron chi connectivity index (χ1n) is 11.6. The maximum atomic E-state index is 13.2. The van der Waals surface area contributed by atoms with Crippen molar-refractivity contribution in [3.63, 3.8) is 0 Å². The van der Waals surface area contributed by atoms with Gasteiger partial charge in [-0.15, -0.1) is 0 Å². The molecule has 4 nitrogen and oxygen atoms in total. The lowest BCUT2D eigenvalue weighted by molar-refractivity contribution is 0.0782. The fourth-order valence-corrected chi connectivity index (χ4v) is 4.87. The van der Waals surface area contributed by atoms with Crippen molar-refractivity contribution >= 4 is 5.91 Å². The molecule has 164 valence electrons. The number of nitrogens with zero attached hydrogens (tertiary/aromatic N) is 2. The molecule has 0 radical (unpaired) electrons. The highest BCUT2D eigenvalue weighted by atomic mass is 16.5. The molecule has 0 unspecified atom stereocenters. The van der Waals surface area contributed by atoms with Gasteiger partial charge in [0.1, 0.15) is 12.4 Å². The second-order valence-electron chi connectivity index (χ2n) is 8.83. The van der Waals surface area contributed by atoms with Crippen LogP contribution in [0.1, 0.15) is 39.9 Å². The number of fused-ring (bicyclic) bond motifs is 1. The Labute approximate surface area is 190 Å². The molecule has 0 aromatic heterocycles. The second-order valence-corrected chi connectivity index (χ2v) is 8.83. The predicted octanol–water partition coefficient (Wildman–Crippen LogP) is 4.93. The maximum Gasteiger partial charge on any atom is 0.254 e. The summed E-state index contributed by atoms with van der Waals surface area (Å²) in [7, 11) is 0. The first kappa shape index (κ1) is 20.8. The Hall–Kier alpha value is -3.11. The number of ether oxygens (including phenoxy) is 1. The zero-order valence-electron chi connectivity index (χ0n) is 18.5. The van der Waals surface area contributed by atoms with Gasteiger partial charge in [-0.25, -0.2) is 0 Å². The van der Waals surface area contributed by atoms with Crippen molar-refractivity contribution in [3.05, 3.63) is 101 Å². The molecule has 1 fully saturated rings. The molecule has 0 N–H and O–H groups in total. The Bertz CT molecular complexity index is 1000. The van der Waals surface area contributed by atoms with E-state index in [1.807, 2.05) is 23.1 Å². The maximum absolute atomic E-state index is 13.2. The summed E-state index contributed by atoms with van der Waals surface area (Å²) in [5, 5.41) is 0. The fourth-order valence-electron chi connectivity index (χ4n) is 4.87. The molecule has 3 aromatic rings. The van der Waals surface area contributed by atoms with Crippen molar-refractivity contribution in [1.29, 1.82) is 0 Å². The van der Waals surface area contributed by atoms with Crippen molar-refractivity contribution in [2.24, 2.45) is 0 Å². The number of carbonyl (C=O) groups is 1. The molecule has 0 saturated carbocycles. The molecule has 0 spiro atoms. The van der Waals surface area contributed by atoms with Gasteiger partial charge < -0.3 is 9.64 Å². The average Bonchev–Trinajstić information content (AvgIpc) is 3.39. The predicted molar refractivity (Wildman–Crippen MR) is 127 cm³/mol. The highest BCUT2D eigenvalue weighted by Crippen LogP contribution is 2.32. The summed E-state index contributed by atoms with van der Waals surface area (Å²) >= 11 is 0. The first-order chi connectivity index (χ1) is 15.8. The second kappa shape index (κ2) is 9.58. The summed E-state index contributed by atoms with van der Waals surface area (Å²) in [6.45, 7) is 4.05. The molecule has 5 rings (SSSR count). The average molecular weight is 427 g/mol. The van der Waals surface area contributed by atoms with Crippen molar-refractivity contribution in [1.82, 2.24) is 9.80 Å². The number of rotatable bonds is 6. The first-order valence-corrected chi connectivity index (χ1v) is 11.6. The topological polar surface area (TPSA) is 32.8 Å². The van der Waals surface area contributed by atoms with Gasteiger partial charge in [0.15, 0.2) is 0 Å². The van der Waals surface area contributed by atoms with Gasteiger partial charge in [-0.2, -0.15) is 0 Å². The van der Waals surface area contributed by atoms with E-state index in [0.29, 0.717) is 6.61 Å². The van der Waals surface area contributed by atoms with Crippen LogP contribution in [0.3, 0.4) is 0 Å². The summed E-state index contributed by atoms with van der Waals surface area (Å²) < 4.78 is 6.23. The van der Waals surface area contributed by atoms with E-state index in [9.17, 15) is 4.79 Å². The number of carbonyl (C=O) groups excluding carboxylic acids is 1. The van der Waals surface area contributed by atoms with Crippen molar-refractivity contribution in [2.45, 2.75) is 38.4 Å². The summed E-state index contributed by atoms with van der Waals surface area (Å²) in [6, 6.07) is 27.3. The van der Waals surface area contributed by atoms with Crippen molar-refractivity contribution < 1.29 is 9.53 Å². The Morgan fingerprint density at radius 3 is 2.09 bits per heavy atom. The molecule has 0 aliphatic carbocycles. The SMILES string of the molecule is O=C(c1cccc2c1C[C@H](N(Cc1ccccc1)Cc1ccccc1)CO2)N1CCCC1. The monoisotopic (exact) mass is 426 g/mol. The van der Waals surface area contributed by atoms with E-state index in [2.05, 4.69) is 65.6 Å². The Morgan fingerprint density at radius 1 is 0.844 bits per heavy atom. The van der Waals surface area contributed by atoms with Crippen LogP contribution >= 0.6 is 0 Å². The van der Waals surface area contributed by atoms with Gasteiger partial charge in [0.2, 0.25) is 0 Å². The van der Waals surface area contributed by atoms with Gasteiger partial charge in [0, 0.05) is 43.3 Å². The molecule has 2 aliphatic rings. The van der Waals surface area contributed by atoms with Gasteiger partial charge in [0.05, 0.1) is 0 Å². The molecule has 4 heteroatoms. The van der Waals surface area contributed by atoms with Crippen LogP contribution in [0.15, 0.2) is 78.9 Å². The fraction of sp³-hybridized carbons (Fsp3) is 0.321. The van der Waals surface area contributed by atoms with E-state index in [0.717, 1.165) is 62.3 Å². The minimum absolute atomic E-state index is 0.154. The molecular weight excluding hydrogens is 396 g/mol. The molecule has 3 aromatic carbocycles. The van der Waals surface area contributed by atoms with E-state index in [-0.39, 0.29) is 11.9 Å². The third kappa shape index (κ3) is 4.56. The zero-order valence-corrected chi connectivity index (χ0v) is 18.5. The summed E-state index contributed by atoms with van der Waals surface area (Å²) in [5.74, 6) is 1.02. The number of hydrogen-bond acceptors (Lipinski definition) is 3. The van der Waals surface area contributed by atoms with Crippen LogP contribution in [-0.4, -0.2) is 41.4 Å². The molecule has 0 bridgehead atoms. The quantitative estimate of drug-likeness (QED) is 0.560. The van der Waals surface area contributed by atoms with Crippen LogP contribution in [0.5, 0.6) is 5.75 Å². The minimum atomic E-state index is 0.154. The number of amides is 1. The Kier molecular flexibility index (Phi) is 6.22. The van der Waals surface area contributed by atoms with Crippen molar-refractivity contribution in [2.75, 3.05) is 19.7 Å². The van der Waals surface area contributed by atoms with Crippen LogP contribution in [0, 0.1) is 0 Å². The van der Waals surface area contributed by atoms with Crippen LogP contribution < -0.4 is 4.74 Å². The normalized spacial score (nSPS) is 17.8. The van der Waals surface area contributed by atoms with E-state index >= 15 is 0 Å². The minimum Gasteiger partial charge on any atom is -0.492 e. The zero-order chi connectivity index (χ0) is 21.8. The largest absolute Gasteiger partial charge is 0.492 e.